The molecule has 0 spiro atoms. The van der Waals surface area contributed by atoms with Crippen LogP contribution in [0, 0.1) is 5.92 Å². The molecule has 2 heterocycles. The highest BCUT2D eigenvalue weighted by Gasteiger charge is 2.32. The van der Waals surface area contributed by atoms with Crippen molar-refractivity contribution in [3.05, 3.63) is 0 Å². The monoisotopic (exact) mass is 211 g/mol. The number of nitrogens with one attached hydrogen (secondary N) is 1. The van der Waals surface area contributed by atoms with Gasteiger partial charge in [-0.3, -0.25) is 0 Å². The van der Waals surface area contributed by atoms with Crippen molar-refractivity contribution in [2.45, 2.75) is 25.8 Å². The second-order valence-corrected chi connectivity index (χ2v) is 4.84. The van der Waals surface area contributed by atoms with E-state index in [1.165, 1.54) is 12.8 Å². The average Bonchev–Trinajstić information content (AvgIpc) is 2.48. The maximum absolute atomic E-state index is 11.8. The van der Waals surface area contributed by atoms with E-state index in [0.717, 1.165) is 26.2 Å². The van der Waals surface area contributed by atoms with Crippen molar-refractivity contribution >= 4 is 6.03 Å². The smallest absolute Gasteiger partial charge is 0.320 e. The Kier molecular flexibility index (Phi) is 3.14. The summed E-state index contributed by atoms with van der Waals surface area (Å²) in [7, 11) is 1.90. The number of carbonyl (C=O) groups excluding carboxylic acids is 1. The zero-order valence-corrected chi connectivity index (χ0v) is 9.70. The second kappa shape index (κ2) is 4.39. The lowest BCUT2D eigenvalue weighted by Gasteiger charge is -2.27. The number of carbonyl (C=O) groups is 1. The summed E-state index contributed by atoms with van der Waals surface area (Å²) in [5, 5.41) is 3.35. The van der Waals surface area contributed by atoms with Crippen LogP contribution in [0.4, 0.5) is 4.79 Å². The largest absolute Gasteiger partial charge is 0.323 e. The van der Waals surface area contributed by atoms with Crippen LogP contribution in [-0.2, 0) is 0 Å². The molecule has 2 amide bonds. The van der Waals surface area contributed by atoms with E-state index in [1.807, 2.05) is 16.8 Å². The van der Waals surface area contributed by atoms with Crippen LogP contribution >= 0.6 is 0 Å². The Bertz CT molecular complexity index is 238. The first-order valence-corrected chi connectivity index (χ1v) is 5.91. The van der Waals surface area contributed by atoms with Crippen LogP contribution in [0.3, 0.4) is 0 Å². The second-order valence-electron chi connectivity index (χ2n) is 4.84. The number of rotatable bonds is 2. The molecule has 0 radical (unpaired) electrons. The van der Waals surface area contributed by atoms with E-state index in [9.17, 15) is 4.79 Å². The van der Waals surface area contributed by atoms with Crippen LogP contribution in [0.2, 0.25) is 0 Å². The van der Waals surface area contributed by atoms with Gasteiger partial charge in [-0.1, -0.05) is 0 Å². The fraction of sp³-hybridized carbons (Fsp3) is 0.909. The first-order valence-electron chi connectivity index (χ1n) is 5.91. The highest BCUT2D eigenvalue weighted by atomic mass is 16.2. The highest BCUT2D eigenvalue weighted by Crippen LogP contribution is 2.19. The maximum Gasteiger partial charge on any atom is 0.320 e. The minimum absolute atomic E-state index is 0.209. The van der Waals surface area contributed by atoms with Crippen molar-refractivity contribution in [3.63, 3.8) is 0 Å². The van der Waals surface area contributed by atoms with Crippen molar-refractivity contribution in [1.29, 1.82) is 0 Å². The van der Waals surface area contributed by atoms with Gasteiger partial charge in [-0.05, 0) is 38.8 Å². The van der Waals surface area contributed by atoms with Gasteiger partial charge in [0.2, 0.25) is 0 Å². The molecule has 1 unspecified atom stereocenters. The fourth-order valence-electron chi connectivity index (χ4n) is 2.46. The number of urea groups is 1. The minimum Gasteiger partial charge on any atom is -0.323 e. The molecule has 2 rings (SSSR count). The predicted octanol–water partition coefficient (Wildman–Crippen LogP) is 0.742. The molecule has 2 aliphatic heterocycles. The van der Waals surface area contributed by atoms with E-state index < -0.39 is 0 Å². The number of likely N-dealkylation sites (N-methyl/N-ethyl adjacent to an activating group) is 1. The molecule has 15 heavy (non-hydrogen) atoms. The topological polar surface area (TPSA) is 35.6 Å². The van der Waals surface area contributed by atoms with Gasteiger partial charge >= 0.3 is 6.03 Å². The third kappa shape index (κ3) is 2.25. The molecule has 2 saturated heterocycles. The van der Waals surface area contributed by atoms with Gasteiger partial charge in [-0.2, -0.15) is 0 Å². The van der Waals surface area contributed by atoms with E-state index in [1.54, 1.807) is 0 Å². The minimum atomic E-state index is 0.209. The third-order valence-corrected chi connectivity index (χ3v) is 3.66. The van der Waals surface area contributed by atoms with E-state index >= 15 is 0 Å². The molecule has 4 heteroatoms. The lowest BCUT2D eigenvalue weighted by Crippen LogP contribution is -2.38. The van der Waals surface area contributed by atoms with Crippen molar-refractivity contribution in [3.8, 4) is 0 Å². The fourth-order valence-corrected chi connectivity index (χ4v) is 2.46. The number of amides is 2. The van der Waals surface area contributed by atoms with E-state index in [0.29, 0.717) is 12.0 Å². The standard InChI is InChI=1S/C11H21N3O/c1-9-7-14(11(15)13(9)2)8-10-3-5-12-6-4-10/h9-10,12H,3-8H2,1-2H3. The molecular formula is C11H21N3O. The van der Waals surface area contributed by atoms with Gasteiger partial charge in [0.05, 0.1) is 0 Å². The molecule has 0 aromatic rings. The molecule has 4 nitrogen and oxygen atoms in total. The molecule has 0 saturated carbocycles. The van der Waals surface area contributed by atoms with Crippen LogP contribution in [0.5, 0.6) is 0 Å². The highest BCUT2D eigenvalue weighted by molar-refractivity contribution is 5.76. The van der Waals surface area contributed by atoms with Crippen LogP contribution in [0.1, 0.15) is 19.8 Å². The van der Waals surface area contributed by atoms with E-state index in [2.05, 4.69) is 12.2 Å². The van der Waals surface area contributed by atoms with Crippen molar-refractivity contribution in [2.75, 3.05) is 33.2 Å². The molecule has 1 N–H and O–H groups in total. The predicted molar refractivity (Wildman–Crippen MR) is 59.8 cm³/mol. The molecule has 0 aliphatic carbocycles. The summed E-state index contributed by atoms with van der Waals surface area (Å²) in [6.07, 6.45) is 2.42. The van der Waals surface area contributed by atoms with Crippen molar-refractivity contribution < 1.29 is 4.79 Å². The van der Waals surface area contributed by atoms with Gasteiger partial charge in [-0.25, -0.2) is 4.79 Å². The summed E-state index contributed by atoms with van der Waals surface area (Å²) in [6.45, 7) is 6.19. The Labute approximate surface area is 91.6 Å². The Morgan fingerprint density at radius 3 is 2.60 bits per heavy atom. The molecule has 0 aromatic heterocycles. The number of hydrogen-bond donors (Lipinski definition) is 1. The summed E-state index contributed by atoms with van der Waals surface area (Å²) >= 11 is 0. The number of hydrogen-bond acceptors (Lipinski definition) is 2. The number of piperidine rings is 1. The van der Waals surface area contributed by atoms with Crippen LogP contribution in [0.25, 0.3) is 0 Å². The molecular weight excluding hydrogens is 190 g/mol. The Balaban J connectivity index is 1.86. The van der Waals surface area contributed by atoms with Gasteiger partial charge in [0.15, 0.2) is 0 Å². The summed E-state index contributed by atoms with van der Waals surface area (Å²) in [5.41, 5.74) is 0. The van der Waals surface area contributed by atoms with Gasteiger partial charge in [0.1, 0.15) is 0 Å². The molecule has 1 atom stereocenters. The van der Waals surface area contributed by atoms with Gasteiger partial charge < -0.3 is 15.1 Å². The first kappa shape index (κ1) is 10.7. The zero-order chi connectivity index (χ0) is 10.8. The average molecular weight is 211 g/mol. The van der Waals surface area contributed by atoms with Crippen LogP contribution in [0.15, 0.2) is 0 Å². The molecule has 2 fully saturated rings. The van der Waals surface area contributed by atoms with Crippen molar-refractivity contribution in [1.82, 2.24) is 15.1 Å². The zero-order valence-electron chi connectivity index (χ0n) is 9.70. The summed E-state index contributed by atoms with van der Waals surface area (Å²) in [4.78, 5) is 15.7. The van der Waals surface area contributed by atoms with Crippen LogP contribution < -0.4 is 5.32 Å². The maximum atomic E-state index is 11.8. The SMILES string of the molecule is CC1CN(CC2CCNCC2)C(=O)N1C. The van der Waals surface area contributed by atoms with E-state index in [-0.39, 0.29) is 6.03 Å². The summed E-state index contributed by atoms with van der Waals surface area (Å²) in [6, 6.07) is 0.584. The Morgan fingerprint density at radius 1 is 1.40 bits per heavy atom. The van der Waals surface area contributed by atoms with Crippen LogP contribution in [-0.4, -0.2) is 55.1 Å². The van der Waals surface area contributed by atoms with E-state index in [4.69, 9.17) is 0 Å². The quantitative estimate of drug-likeness (QED) is 0.731. The molecule has 2 aliphatic rings. The van der Waals surface area contributed by atoms with Crippen molar-refractivity contribution in [2.24, 2.45) is 5.92 Å². The molecule has 0 aromatic carbocycles. The lowest BCUT2D eigenvalue weighted by molar-refractivity contribution is 0.185. The summed E-state index contributed by atoms with van der Waals surface area (Å²) in [5.74, 6) is 0.703. The lowest BCUT2D eigenvalue weighted by atomic mass is 9.98. The Hall–Kier alpha value is -0.770. The Morgan fingerprint density at radius 2 is 2.07 bits per heavy atom. The summed E-state index contributed by atoms with van der Waals surface area (Å²) < 4.78 is 0. The van der Waals surface area contributed by atoms with Gasteiger partial charge in [-0.15, -0.1) is 0 Å². The third-order valence-electron chi connectivity index (χ3n) is 3.66. The van der Waals surface area contributed by atoms with Gasteiger partial charge in [0.25, 0.3) is 0 Å². The normalized spacial score (nSPS) is 28.9. The number of nitrogens with zero attached hydrogens (tertiary/aromatic N) is 2. The van der Waals surface area contributed by atoms with Gasteiger partial charge in [0, 0.05) is 26.2 Å². The first-order chi connectivity index (χ1) is 7.18. The molecule has 86 valence electrons. The molecule has 0 bridgehead atoms.